The van der Waals surface area contributed by atoms with Gasteiger partial charge in [0.15, 0.2) is 5.75 Å². The van der Waals surface area contributed by atoms with Gasteiger partial charge in [0.2, 0.25) is 0 Å². The minimum Gasteiger partial charge on any atom is -0.487 e. The van der Waals surface area contributed by atoms with Crippen LogP contribution in [0.4, 0.5) is 13.2 Å². The van der Waals surface area contributed by atoms with Gasteiger partial charge in [-0.3, -0.25) is 0 Å². The molecule has 0 aliphatic rings. The Morgan fingerprint density at radius 3 is 1.91 bits per heavy atom. The van der Waals surface area contributed by atoms with E-state index in [0.717, 1.165) is 23.3 Å². The molecule has 0 bridgehead atoms. The first-order valence-electron chi connectivity index (χ1n) is 10.5. The van der Waals surface area contributed by atoms with Crippen LogP contribution in [0.15, 0.2) is 91.0 Å². The Bertz CT molecular complexity index is 1200. The number of hydrogen-bond donors (Lipinski definition) is 0. The van der Waals surface area contributed by atoms with Crippen molar-refractivity contribution < 1.29 is 27.4 Å². The first kappa shape index (κ1) is 23.1. The molecule has 0 amide bonds. The smallest absolute Gasteiger partial charge is 0.416 e. The highest BCUT2D eigenvalue weighted by molar-refractivity contribution is 5.35. The van der Waals surface area contributed by atoms with Gasteiger partial charge in [0, 0.05) is 6.07 Å². The largest absolute Gasteiger partial charge is 0.487 e. The van der Waals surface area contributed by atoms with Crippen LogP contribution >= 0.6 is 0 Å². The van der Waals surface area contributed by atoms with E-state index in [1.807, 2.05) is 60.7 Å². The molecule has 5 nitrogen and oxygen atoms in total. The van der Waals surface area contributed by atoms with Crippen LogP contribution in [-0.4, -0.2) is 10.2 Å². The molecule has 0 N–H and O–H groups in total. The zero-order valence-electron chi connectivity index (χ0n) is 18.0. The fraction of sp³-hybridized carbons (Fsp3) is 0.154. The SMILES string of the molecule is FC(F)(F)c1cccc(OCc2cc(OCc3ccccc3)c(OCc3ccccc3)nn2)c1. The lowest BCUT2D eigenvalue weighted by Gasteiger charge is -2.13. The van der Waals surface area contributed by atoms with E-state index in [1.165, 1.54) is 12.1 Å². The quantitative estimate of drug-likeness (QED) is 0.293. The van der Waals surface area contributed by atoms with Crippen LogP contribution in [0.25, 0.3) is 0 Å². The zero-order valence-corrected chi connectivity index (χ0v) is 18.0. The third-order valence-corrected chi connectivity index (χ3v) is 4.78. The van der Waals surface area contributed by atoms with Crippen molar-refractivity contribution in [3.8, 4) is 17.4 Å². The van der Waals surface area contributed by atoms with Crippen LogP contribution in [0.2, 0.25) is 0 Å². The van der Waals surface area contributed by atoms with Gasteiger partial charge < -0.3 is 14.2 Å². The summed E-state index contributed by atoms with van der Waals surface area (Å²) in [6.45, 7) is 0.467. The maximum atomic E-state index is 12.9. The van der Waals surface area contributed by atoms with Gasteiger partial charge in [0.05, 0.1) is 5.56 Å². The molecule has 3 aromatic carbocycles. The average molecular weight is 466 g/mol. The Kier molecular flexibility index (Phi) is 7.27. The Morgan fingerprint density at radius 2 is 1.26 bits per heavy atom. The second-order valence-corrected chi connectivity index (χ2v) is 7.37. The summed E-state index contributed by atoms with van der Waals surface area (Å²) in [4.78, 5) is 0. The van der Waals surface area contributed by atoms with E-state index in [4.69, 9.17) is 14.2 Å². The highest BCUT2D eigenvalue weighted by Crippen LogP contribution is 2.32. The van der Waals surface area contributed by atoms with Crippen molar-refractivity contribution >= 4 is 0 Å². The van der Waals surface area contributed by atoms with E-state index < -0.39 is 11.7 Å². The van der Waals surface area contributed by atoms with Crippen molar-refractivity contribution in [2.24, 2.45) is 0 Å². The predicted octanol–water partition coefficient (Wildman–Crippen LogP) is 6.23. The molecule has 0 saturated heterocycles. The van der Waals surface area contributed by atoms with Gasteiger partial charge in [-0.2, -0.15) is 13.2 Å². The summed E-state index contributed by atoms with van der Waals surface area (Å²) in [6.07, 6.45) is -4.45. The maximum Gasteiger partial charge on any atom is 0.416 e. The van der Waals surface area contributed by atoms with Crippen LogP contribution in [0, 0.1) is 0 Å². The van der Waals surface area contributed by atoms with Crippen molar-refractivity contribution in [3.05, 3.63) is 113 Å². The molecule has 0 saturated carbocycles. The number of hydrogen-bond acceptors (Lipinski definition) is 5. The molecule has 8 heteroatoms. The fourth-order valence-corrected chi connectivity index (χ4v) is 3.06. The van der Waals surface area contributed by atoms with Gasteiger partial charge in [-0.1, -0.05) is 66.7 Å². The molecule has 0 aliphatic carbocycles. The molecule has 0 unspecified atom stereocenters. The summed E-state index contributed by atoms with van der Waals surface area (Å²) < 4.78 is 56.1. The second kappa shape index (κ2) is 10.7. The van der Waals surface area contributed by atoms with Crippen LogP contribution in [0.5, 0.6) is 17.4 Å². The minimum atomic E-state index is -4.45. The minimum absolute atomic E-state index is 0.0767. The fourth-order valence-electron chi connectivity index (χ4n) is 3.06. The van der Waals surface area contributed by atoms with Gasteiger partial charge in [-0.15, -0.1) is 10.2 Å². The van der Waals surface area contributed by atoms with Gasteiger partial charge in [0.1, 0.15) is 31.3 Å². The lowest BCUT2D eigenvalue weighted by Crippen LogP contribution is -2.07. The topological polar surface area (TPSA) is 53.5 Å². The monoisotopic (exact) mass is 466 g/mol. The number of benzene rings is 3. The predicted molar refractivity (Wildman–Crippen MR) is 119 cm³/mol. The van der Waals surface area contributed by atoms with Crippen LogP contribution in [0.1, 0.15) is 22.4 Å². The third-order valence-electron chi connectivity index (χ3n) is 4.78. The second-order valence-electron chi connectivity index (χ2n) is 7.37. The first-order chi connectivity index (χ1) is 16.5. The lowest BCUT2D eigenvalue weighted by molar-refractivity contribution is -0.137. The lowest BCUT2D eigenvalue weighted by atomic mass is 10.2. The van der Waals surface area contributed by atoms with E-state index in [9.17, 15) is 13.2 Å². The highest BCUT2D eigenvalue weighted by Gasteiger charge is 2.30. The van der Waals surface area contributed by atoms with Gasteiger partial charge in [0.25, 0.3) is 5.88 Å². The molecule has 1 aromatic heterocycles. The molecule has 34 heavy (non-hydrogen) atoms. The van der Waals surface area contributed by atoms with Crippen molar-refractivity contribution in [1.29, 1.82) is 0 Å². The van der Waals surface area contributed by atoms with E-state index in [-0.39, 0.29) is 31.5 Å². The van der Waals surface area contributed by atoms with Gasteiger partial charge in [-0.25, -0.2) is 0 Å². The summed E-state index contributed by atoms with van der Waals surface area (Å²) in [7, 11) is 0. The number of halogens is 3. The normalized spacial score (nSPS) is 11.1. The summed E-state index contributed by atoms with van der Waals surface area (Å²) >= 11 is 0. The Morgan fingerprint density at radius 1 is 0.618 bits per heavy atom. The standard InChI is InChI=1S/C26H21F3N2O3/c27-26(28,29)21-12-7-13-23(14-21)32-18-22-15-24(33-16-19-8-3-1-4-9-19)25(31-30-22)34-17-20-10-5-2-6-11-20/h1-15H,16-18H2. The maximum absolute atomic E-state index is 12.9. The zero-order chi connectivity index (χ0) is 23.8. The number of rotatable bonds is 9. The number of ether oxygens (including phenoxy) is 3. The number of aromatic nitrogens is 2. The first-order valence-corrected chi connectivity index (χ1v) is 10.5. The molecule has 0 spiro atoms. The van der Waals surface area contributed by atoms with Crippen LogP contribution in [0.3, 0.4) is 0 Å². The van der Waals surface area contributed by atoms with E-state index in [0.29, 0.717) is 11.4 Å². The molecular formula is C26H21F3N2O3. The molecule has 4 rings (SSSR count). The van der Waals surface area contributed by atoms with Gasteiger partial charge >= 0.3 is 6.18 Å². The molecule has 174 valence electrons. The third kappa shape index (κ3) is 6.48. The van der Waals surface area contributed by atoms with Crippen molar-refractivity contribution in [2.45, 2.75) is 26.0 Å². The van der Waals surface area contributed by atoms with Gasteiger partial charge in [-0.05, 0) is 29.3 Å². The Balaban J connectivity index is 1.49. The van der Waals surface area contributed by atoms with Crippen molar-refractivity contribution in [1.82, 2.24) is 10.2 Å². The van der Waals surface area contributed by atoms with Crippen molar-refractivity contribution in [3.63, 3.8) is 0 Å². The van der Waals surface area contributed by atoms with Crippen molar-refractivity contribution in [2.75, 3.05) is 0 Å². The molecule has 1 heterocycles. The Labute approximate surface area is 194 Å². The molecule has 0 radical (unpaired) electrons. The van der Waals surface area contributed by atoms with E-state index >= 15 is 0 Å². The summed E-state index contributed by atoms with van der Waals surface area (Å²) in [5.41, 5.74) is 1.51. The molecule has 0 atom stereocenters. The molecular weight excluding hydrogens is 445 g/mol. The van der Waals surface area contributed by atoms with Crippen LogP contribution in [-0.2, 0) is 26.0 Å². The van der Waals surface area contributed by atoms with E-state index in [1.54, 1.807) is 6.07 Å². The van der Waals surface area contributed by atoms with E-state index in [2.05, 4.69) is 10.2 Å². The van der Waals surface area contributed by atoms with Crippen LogP contribution < -0.4 is 14.2 Å². The summed E-state index contributed by atoms with van der Waals surface area (Å²) in [6, 6.07) is 25.4. The molecule has 0 aliphatic heterocycles. The Hall–Kier alpha value is -4.07. The summed E-state index contributed by atoms with van der Waals surface area (Å²) in [5.74, 6) is 0.646. The average Bonchev–Trinajstić information content (AvgIpc) is 2.86. The summed E-state index contributed by atoms with van der Waals surface area (Å²) in [5, 5.41) is 8.21. The molecule has 4 aromatic rings. The highest BCUT2D eigenvalue weighted by atomic mass is 19.4. The number of nitrogens with zero attached hydrogens (tertiary/aromatic N) is 2. The number of alkyl halides is 3. The molecule has 0 fully saturated rings.